The van der Waals surface area contributed by atoms with Crippen molar-refractivity contribution < 1.29 is 38.5 Å². The van der Waals surface area contributed by atoms with Gasteiger partial charge in [0.1, 0.15) is 25.6 Å². The normalized spacial score (nSPS) is 17.5. The van der Waals surface area contributed by atoms with Crippen molar-refractivity contribution in [2.45, 2.75) is 26.5 Å². The van der Waals surface area contributed by atoms with Crippen molar-refractivity contribution in [3.05, 3.63) is 89.0 Å². The highest BCUT2D eigenvalue weighted by molar-refractivity contribution is 6.46. The second-order valence-electron chi connectivity index (χ2n) is 10.2. The molecule has 0 aromatic heterocycles. The Bertz CT molecular complexity index is 1470. The molecule has 3 aromatic carbocycles. The number of hydrogen-bond acceptors (Lipinski definition) is 7. The van der Waals surface area contributed by atoms with Gasteiger partial charge in [-0.05, 0) is 55.3 Å². The van der Waals surface area contributed by atoms with Crippen molar-refractivity contribution in [3.8, 4) is 23.0 Å². The first kappa shape index (κ1) is 29.0. The summed E-state index contributed by atoms with van der Waals surface area (Å²) in [6.07, 6.45) is 0. The zero-order chi connectivity index (χ0) is 29.6. The number of fused-ring (bicyclic) bond motifs is 1. The minimum atomic E-state index is -0.815. The van der Waals surface area contributed by atoms with Crippen molar-refractivity contribution in [1.82, 2.24) is 4.90 Å². The molecule has 0 spiro atoms. The molecule has 1 saturated heterocycles. The van der Waals surface area contributed by atoms with E-state index in [0.717, 1.165) is 18.7 Å². The Hall–Kier alpha value is -4.50. The molecule has 3 aromatic rings. The molecule has 9 nitrogen and oxygen atoms in total. The largest absolute Gasteiger partial charge is 0.507 e. The fourth-order valence-electron chi connectivity index (χ4n) is 5.39. The Morgan fingerprint density at radius 2 is 1.69 bits per heavy atom. The lowest BCUT2D eigenvalue weighted by Crippen LogP contribution is -3.12. The third-order valence-corrected chi connectivity index (χ3v) is 7.80. The van der Waals surface area contributed by atoms with Gasteiger partial charge in [-0.3, -0.25) is 9.59 Å². The van der Waals surface area contributed by atoms with Gasteiger partial charge in [0.2, 0.25) is 0 Å². The Morgan fingerprint density at radius 1 is 0.952 bits per heavy atom. The predicted octanol–water partition coefficient (Wildman–Crippen LogP) is 3.39. The molecule has 0 unspecified atom stereocenters. The van der Waals surface area contributed by atoms with E-state index in [0.29, 0.717) is 67.0 Å². The summed E-state index contributed by atoms with van der Waals surface area (Å²) < 4.78 is 23.0. The Morgan fingerprint density at radius 3 is 2.40 bits per heavy atom. The van der Waals surface area contributed by atoms with E-state index in [1.54, 1.807) is 42.3 Å². The van der Waals surface area contributed by atoms with Crippen LogP contribution < -0.4 is 23.8 Å². The highest BCUT2D eigenvalue weighted by atomic mass is 16.6. The maximum Gasteiger partial charge on any atom is 0.295 e. The maximum absolute atomic E-state index is 13.5. The molecule has 1 amide bonds. The fourth-order valence-corrected chi connectivity index (χ4v) is 5.39. The molecule has 1 atom stereocenters. The summed E-state index contributed by atoms with van der Waals surface area (Å²) in [5.74, 6) is 0.385. The molecular weight excluding hydrogens is 536 g/mol. The Kier molecular flexibility index (Phi) is 8.97. The first-order valence-corrected chi connectivity index (χ1v) is 14.3. The third-order valence-electron chi connectivity index (χ3n) is 7.80. The summed E-state index contributed by atoms with van der Waals surface area (Å²) in [7, 11) is 1.55. The molecule has 1 fully saturated rings. The van der Waals surface area contributed by atoms with Gasteiger partial charge in [0, 0.05) is 5.56 Å². The summed E-state index contributed by atoms with van der Waals surface area (Å²) in [6.45, 7) is 8.14. The number of likely N-dealkylation sites (N-methyl/N-ethyl adjacent to an activating group) is 1. The second kappa shape index (κ2) is 13.0. The smallest absolute Gasteiger partial charge is 0.295 e. The van der Waals surface area contributed by atoms with E-state index in [2.05, 4.69) is 13.8 Å². The number of hydrogen-bond donors (Lipinski definition) is 2. The number of carbonyl (C=O) groups is 2. The van der Waals surface area contributed by atoms with Crippen LogP contribution in [0.2, 0.25) is 0 Å². The topological polar surface area (TPSA) is 99.0 Å². The average molecular weight is 574 g/mol. The highest BCUT2D eigenvalue weighted by Gasteiger charge is 2.46. The summed E-state index contributed by atoms with van der Waals surface area (Å²) in [5, 5.41) is 11.5. The number of aliphatic hydroxyl groups is 1. The summed E-state index contributed by atoms with van der Waals surface area (Å²) in [4.78, 5) is 29.8. The highest BCUT2D eigenvalue weighted by Crippen LogP contribution is 2.43. The number of ketones is 1. The molecule has 42 heavy (non-hydrogen) atoms. The Balaban J connectivity index is 1.54. The van der Waals surface area contributed by atoms with Gasteiger partial charge in [-0.2, -0.15) is 0 Å². The number of amides is 1. The number of methoxy groups -OCH3 is 1. The van der Waals surface area contributed by atoms with E-state index in [1.807, 2.05) is 36.4 Å². The van der Waals surface area contributed by atoms with E-state index in [-0.39, 0.29) is 11.3 Å². The van der Waals surface area contributed by atoms with Crippen molar-refractivity contribution in [3.63, 3.8) is 0 Å². The van der Waals surface area contributed by atoms with Crippen LogP contribution in [-0.2, 0) is 16.2 Å². The molecule has 2 aliphatic heterocycles. The second-order valence-corrected chi connectivity index (χ2v) is 10.2. The van der Waals surface area contributed by atoms with Crippen LogP contribution >= 0.6 is 0 Å². The lowest BCUT2D eigenvalue weighted by Gasteiger charge is -2.27. The third kappa shape index (κ3) is 5.92. The van der Waals surface area contributed by atoms with Crippen LogP contribution in [0.1, 0.15) is 36.6 Å². The number of likely N-dealkylation sites (tertiary alicyclic amines) is 1. The van der Waals surface area contributed by atoms with Gasteiger partial charge < -0.3 is 33.9 Å². The number of nitrogens with one attached hydrogen (secondary N) is 1. The quantitative estimate of drug-likeness (QED) is 0.206. The SMILES string of the molecule is CC[NH+](CC)CCN1C(=O)C(=O)C(=C(O)c2ccc3c(c2)OCCO3)[C@@H]1c1ccc(OCc2ccccc2)c(OC)c1. The minimum absolute atomic E-state index is 0.0197. The molecule has 2 heterocycles. The predicted molar refractivity (Wildman–Crippen MR) is 157 cm³/mol. The van der Waals surface area contributed by atoms with E-state index in [4.69, 9.17) is 18.9 Å². The number of quaternary nitrogens is 1. The number of rotatable bonds is 11. The van der Waals surface area contributed by atoms with Gasteiger partial charge >= 0.3 is 0 Å². The number of aliphatic hydroxyl groups excluding tert-OH is 1. The van der Waals surface area contributed by atoms with Gasteiger partial charge in [0.05, 0.1) is 44.9 Å². The fraction of sp³-hybridized carbons (Fsp3) is 0.333. The lowest BCUT2D eigenvalue weighted by molar-refractivity contribution is -0.895. The van der Waals surface area contributed by atoms with Crippen LogP contribution in [0.5, 0.6) is 23.0 Å². The number of carbonyl (C=O) groups excluding carboxylic acids is 2. The van der Waals surface area contributed by atoms with Crippen LogP contribution in [0.4, 0.5) is 0 Å². The van der Waals surface area contributed by atoms with Crippen LogP contribution in [0.15, 0.2) is 72.3 Å². The standard InChI is InChI=1S/C33H36N2O7/c1-4-34(5-2)15-16-35-30(23-11-13-25(27(19-23)39-3)42-21-22-9-7-6-8-10-22)29(32(37)33(35)38)31(36)24-12-14-26-28(20-24)41-18-17-40-26/h6-14,19-20,30,36H,4-5,15-18,21H2,1-3H3/p+1/t30-/m0/s1. The summed E-state index contributed by atoms with van der Waals surface area (Å²) >= 11 is 0. The van der Waals surface area contributed by atoms with Crippen LogP contribution in [0, 0.1) is 0 Å². The number of nitrogens with zero attached hydrogens (tertiary/aromatic N) is 1. The van der Waals surface area contributed by atoms with E-state index in [9.17, 15) is 14.7 Å². The maximum atomic E-state index is 13.5. The van der Waals surface area contributed by atoms with Crippen LogP contribution in [0.3, 0.4) is 0 Å². The molecule has 0 aliphatic carbocycles. The molecule has 0 saturated carbocycles. The van der Waals surface area contributed by atoms with Crippen LogP contribution in [0.25, 0.3) is 5.76 Å². The van der Waals surface area contributed by atoms with Crippen molar-refractivity contribution in [2.75, 3.05) is 46.5 Å². The van der Waals surface area contributed by atoms with Crippen molar-refractivity contribution in [1.29, 1.82) is 0 Å². The van der Waals surface area contributed by atoms with Gasteiger partial charge in [-0.1, -0.05) is 36.4 Å². The van der Waals surface area contributed by atoms with Gasteiger partial charge in [-0.25, -0.2) is 0 Å². The zero-order valence-electron chi connectivity index (χ0n) is 24.2. The number of benzene rings is 3. The number of ether oxygens (including phenoxy) is 4. The lowest BCUT2D eigenvalue weighted by atomic mass is 9.94. The van der Waals surface area contributed by atoms with E-state index < -0.39 is 17.7 Å². The first-order valence-electron chi connectivity index (χ1n) is 14.3. The summed E-state index contributed by atoms with van der Waals surface area (Å²) in [6, 6.07) is 19.3. The Labute approximate surface area is 245 Å². The molecular formula is C33H37N2O7+. The molecule has 5 rings (SSSR count). The monoisotopic (exact) mass is 573 g/mol. The molecule has 2 aliphatic rings. The van der Waals surface area contributed by atoms with E-state index >= 15 is 0 Å². The zero-order valence-corrected chi connectivity index (χ0v) is 24.2. The molecule has 0 bridgehead atoms. The van der Waals surface area contributed by atoms with Gasteiger partial charge in [0.25, 0.3) is 11.7 Å². The van der Waals surface area contributed by atoms with Gasteiger partial charge in [0.15, 0.2) is 23.0 Å². The average Bonchev–Trinajstić information content (AvgIpc) is 3.29. The molecule has 9 heteroatoms. The summed E-state index contributed by atoms with van der Waals surface area (Å²) in [5.41, 5.74) is 2.03. The molecule has 220 valence electrons. The van der Waals surface area contributed by atoms with Crippen molar-refractivity contribution >= 4 is 17.4 Å². The van der Waals surface area contributed by atoms with Gasteiger partial charge in [-0.15, -0.1) is 0 Å². The molecule has 2 N–H and O–H groups in total. The van der Waals surface area contributed by atoms with E-state index in [1.165, 1.54) is 4.90 Å². The first-order chi connectivity index (χ1) is 20.4. The number of Topliss-reactive ketones (excluding diaryl/α,β-unsaturated/α-hetero) is 1. The van der Waals surface area contributed by atoms with Crippen LogP contribution in [-0.4, -0.2) is 68.2 Å². The molecule has 0 radical (unpaired) electrons. The van der Waals surface area contributed by atoms with Crippen molar-refractivity contribution in [2.24, 2.45) is 0 Å². The minimum Gasteiger partial charge on any atom is -0.507 e.